The van der Waals surface area contributed by atoms with Crippen molar-refractivity contribution >= 4 is 39.0 Å². The van der Waals surface area contributed by atoms with Crippen LogP contribution in [0.4, 0.5) is 0 Å². The Morgan fingerprint density at radius 3 is 2.46 bits per heavy atom. The summed E-state index contributed by atoms with van der Waals surface area (Å²) in [5, 5.41) is 16.1. The second-order valence-electron chi connectivity index (χ2n) is 5.52. The number of nitrogens with one attached hydrogen (secondary N) is 2. The molecule has 0 bridgehead atoms. The summed E-state index contributed by atoms with van der Waals surface area (Å²) >= 11 is 5.02. The average molecular weight is 401 g/mol. The number of benzene rings is 1. The van der Waals surface area contributed by atoms with E-state index in [0.29, 0.717) is 17.4 Å². The van der Waals surface area contributed by atoms with Crippen molar-refractivity contribution in [2.24, 2.45) is 5.10 Å². The van der Waals surface area contributed by atoms with Crippen LogP contribution in [0.5, 0.6) is 0 Å². The molecule has 0 unspecified atom stereocenters. The van der Waals surface area contributed by atoms with Crippen LogP contribution in [0.1, 0.15) is 32.3 Å². The minimum absolute atomic E-state index is 0.0732. The Kier molecular flexibility index (Phi) is 8.62. The van der Waals surface area contributed by atoms with E-state index in [1.165, 1.54) is 19.2 Å². The zero-order valence-corrected chi connectivity index (χ0v) is 16.7. The van der Waals surface area contributed by atoms with Crippen molar-refractivity contribution in [3.05, 3.63) is 29.8 Å². The van der Waals surface area contributed by atoms with Crippen LogP contribution < -0.4 is 10.7 Å². The summed E-state index contributed by atoms with van der Waals surface area (Å²) in [5.74, 6) is -0.947. The van der Waals surface area contributed by atoms with Crippen LogP contribution in [0, 0.1) is 0 Å². The maximum Gasteiger partial charge on any atom is 0.303 e. The van der Waals surface area contributed by atoms with Crippen LogP contribution >= 0.6 is 12.2 Å². The Labute approximate surface area is 159 Å². The average Bonchev–Trinajstić information content (AvgIpc) is 2.59. The molecule has 0 aliphatic rings. The third kappa shape index (κ3) is 6.70. The fourth-order valence-electron chi connectivity index (χ4n) is 2.02. The van der Waals surface area contributed by atoms with Crippen LogP contribution in [0.25, 0.3) is 0 Å². The van der Waals surface area contributed by atoms with E-state index in [2.05, 4.69) is 15.8 Å². The smallest absolute Gasteiger partial charge is 0.303 e. The molecule has 26 heavy (non-hydrogen) atoms. The number of carboxylic acids is 1. The van der Waals surface area contributed by atoms with E-state index in [-0.39, 0.29) is 24.3 Å². The summed E-state index contributed by atoms with van der Waals surface area (Å²) in [6.45, 7) is 4.53. The molecule has 1 aromatic carbocycles. The number of hydrazone groups is 1. The van der Waals surface area contributed by atoms with Crippen molar-refractivity contribution in [3.8, 4) is 0 Å². The van der Waals surface area contributed by atoms with E-state index in [1.807, 2.05) is 6.92 Å². The van der Waals surface area contributed by atoms with Crippen molar-refractivity contribution < 1.29 is 18.3 Å². The van der Waals surface area contributed by atoms with E-state index < -0.39 is 16.0 Å². The highest BCUT2D eigenvalue weighted by Gasteiger charge is 2.20. The lowest BCUT2D eigenvalue weighted by molar-refractivity contribution is -0.137. The number of rotatable bonds is 9. The molecule has 0 aliphatic heterocycles. The van der Waals surface area contributed by atoms with Gasteiger partial charge in [0.2, 0.25) is 10.0 Å². The molecule has 10 heteroatoms. The molecule has 0 aliphatic carbocycles. The molecule has 0 saturated carbocycles. The van der Waals surface area contributed by atoms with Crippen molar-refractivity contribution in [1.82, 2.24) is 15.0 Å². The number of nitrogens with zero attached hydrogens (tertiary/aromatic N) is 2. The zero-order chi connectivity index (χ0) is 19.7. The molecule has 144 valence electrons. The van der Waals surface area contributed by atoms with Crippen LogP contribution in [0.2, 0.25) is 0 Å². The first-order valence-electron chi connectivity index (χ1n) is 8.05. The summed E-state index contributed by atoms with van der Waals surface area (Å²) < 4.78 is 26.1. The standard InChI is InChI=1S/C16H24N4O4S2/c1-4-17-16(25)19-18-12(2)13-7-9-14(10-8-13)26(23,24)20(3)11-5-6-15(21)22/h7-10H,4-6,11H2,1-3H3,(H,21,22)(H2,17,19,25)/b18-12-. The minimum Gasteiger partial charge on any atom is -0.481 e. The lowest BCUT2D eigenvalue weighted by Crippen LogP contribution is -2.32. The van der Waals surface area contributed by atoms with Gasteiger partial charge in [-0.05, 0) is 50.2 Å². The minimum atomic E-state index is -3.66. The zero-order valence-electron chi connectivity index (χ0n) is 15.0. The summed E-state index contributed by atoms with van der Waals surface area (Å²) in [4.78, 5) is 10.7. The van der Waals surface area contributed by atoms with E-state index in [4.69, 9.17) is 17.3 Å². The van der Waals surface area contributed by atoms with Gasteiger partial charge in [0.15, 0.2) is 5.11 Å². The predicted molar refractivity (Wildman–Crippen MR) is 105 cm³/mol. The van der Waals surface area contributed by atoms with Gasteiger partial charge in [-0.25, -0.2) is 12.7 Å². The van der Waals surface area contributed by atoms with Gasteiger partial charge >= 0.3 is 5.97 Å². The summed E-state index contributed by atoms with van der Waals surface area (Å²) in [6, 6.07) is 6.32. The second-order valence-corrected chi connectivity index (χ2v) is 7.97. The molecule has 1 rings (SSSR count). The van der Waals surface area contributed by atoms with Gasteiger partial charge < -0.3 is 10.4 Å². The van der Waals surface area contributed by atoms with E-state index in [1.54, 1.807) is 19.1 Å². The molecule has 0 saturated heterocycles. The second kappa shape index (κ2) is 10.2. The van der Waals surface area contributed by atoms with Gasteiger partial charge in [0.05, 0.1) is 10.6 Å². The molecular formula is C16H24N4O4S2. The van der Waals surface area contributed by atoms with Crippen LogP contribution in [-0.2, 0) is 14.8 Å². The largest absolute Gasteiger partial charge is 0.481 e. The highest BCUT2D eigenvalue weighted by Crippen LogP contribution is 2.16. The van der Waals surface area contributed by atoms with Gasteiger partial charge in [0, 0.05) is 26.6 Å². The van der Waals surface area contributed by atoms with Gasteiger partial charge in [0.25, 0.3) is 0 Å². The number of hydrogen-bond donors (Lipinski definition) is 3. The van der Waals surface area contributed by atoms with Crippen molar-refractivity contribution in [1.29, 1.82) is 0 Å². The Morgan fingerprint density at radius 1 is 1.31 bits per heavy atom. The SMILES string of the molecule is CCNC(=S)N/N=C(/C)c1ccc(S(=O)(=O)N(C)CCCC(=O)O)cc1. The van der Waals surface area contributed by atoms with Gasteiger partial charge in [-0.1, -0.05) is 12.1 Å². The first-order chi connectivity index (χ1) is 12.2. The van der Waals surface area contributed by atoms with E-state index in [0.717, 1.165) is 9.87 Å². The molecule has 3 N–H and O–H groups in total. The van der Waals surface area contributed by atoms with Crippen LogP contribution in [0.15, 0.2) is 34.3 Å². The van der Waals surface area contributed by atoms with E-state index in [9.17, 15) is 13.2 Å². The van der Waals surface area contributed by atoms with Gasteiger partial charge in [0.1, 0.15) is 0 Å². The first-order valence-corrected chi connectivity index (χ1v) is 9.90. The predicted octanol–water partition coefficient (Wildman–Crippen LogP) is 1.38. The molecular weight excluding hydrogens is 376 g/mol. The molecule has 0 radical (unpaired) electrons. The van der Waals surface area contributed by atoms with Gasteiger partial charge in [-0.3, -0.25) is 10.2 Å². The fraction of sp³-hybridized carbons (Fsp3) is 0.438. The number of hydrogen-bond acceptors (Lipinski definition) is 5. The molecule has 0 fully saturated rings. The topological polar surface area (TPSA) is 111 Å². The summed E-state index contributed by atoms with van der Waals surface area (Å²) in [6.07, 6.45) is 0.183. The third-order valence-electron chi connectivity index (χ3n) is 3.51. The molecule has 0 atom stereocenters. The molecule has 0 aromatic heterocycles. The number of aliphatic carboxylic acids is 1. The lowest BCUT2D eigenvalue weighted by Gasteiger charge is -2.17. The van der Waals surface area contributed by atoms with E-state index >= 15 is 0 Å². The highest BCUT2D eigenvalue weighted by atomic mass is 32.2. The maximum absolute atomic E-state index is 12.5. The Bertz CT molecular complexity index is 761. The summed E-state index contributed by atoms with van der Waals surface area (Å²) in [7, 11) is -2.22. The molecule has 8 nitrogen and oxygen atoms in total. The lowest BCUT2D eigenvalue weighted by atomic mass is 10.1. The Morgan fingerprint density at radius 2 is 1.92 bits per heavy atom. The quantitative estimate of drug-likeness (QED) is 0.326. The van der Waals surface area contributed by atoms with Crippen molar-refractivity contribution in [2.45, 2.75) is 31.6 Å². The molecule has 0 heterocycles. The summed E-state index contributed by atoms with van der Waals surface area (Å²) in [5.41, 5.74) is 4.12. The van der Waals surface area contributed by atoms with Crippen LogP contribution in [0.3, 0.4) is 0 Å². The number of carbonyl (C=O) groups is 1. The maximum atomic E-state index is 12.5. The third-order valence-corrected chi connectivity index (χ3v) is 5.61. The molecule has 0 amide bonds. The highest BCUT2D eigenvalue weighted by molar-refractivity contribution is 7.89. The molecule has 1 aromatic rings. The fourth-order valence-corrected chi connectivity index (χ4v) is 3.42. The first kappa shape index (κ1) is 22.0. The number of sulfonamides is 1. The molecule has 0 spiro atoms. The van der Waals surface area contributed by atoms with Crippen molar-refractivity contribution in [3.63, 3.8) is 0 Å². The monoisotopic (exact) mass is 400 g/mol. The Balaban J connectivity index is 2.80. The van der Waals surface area contributed by atoms with Crippen molar-refractivity contribution in [2.75, 3.05) is 20.1 Å². The normalized spacial score (nSPS) is 12.1. The number of carboxylic acid groups (broad SMARTS) is 1. The van der Waals surface area contributed by atoms with Crippen LogP contribution in [-0.4, -0.2) is 54.8 Å². The Hall–Kier alpha value is -2.04. The van der Waals surface area contributed by atoms with Gasteiger partial charge in [-0.2, -0.15) is 5.10 Å². The van der Waals surface area contributed by atoms with Gasteiger partial charge in [-0.15, -0.1) is 0 Å². The number of thiocarbonyl (C=S) groups is 1.